The standard InChI is InChI=1S/C29H44O/c1-3-5-7-9-24-10-14-26(15-11-24)28-18-20-29(21-19-28)27-16-12-25(13-17-27)23-30-22-8-6-4-2/h3-4,12-13,16-17,24,26,28-29H,1-2,5-11,14-15,18-23H2. The maximum atomic E-state index is 5.77. The molecule has 166 valence electrons. The van der Waals surface area contributed by atoms with Crippen LogP contribution >= 0.6 is 0 Å². The van der Waals surface area contributed by atoms with Crippen LogP contribution in [0.3, 0.4) is 0 Å². The summed E-state index contributed by atoms with van der Waals surface area (Å²) in [4.78, 5) is 0. The fourth-order valence-electron chi connectivity index (χ4n) is 5.83. The fraction of sp³-hybridized carbons (Fsp3) is 0.655. The minimum absolute atomic E-state index is 0.737. The number of hydrogen-bond acceptors (Lipinski definition) is 1. The van der Waals surface area contributed by atoms with Gasteiger partial charge >= 0.3 is 0 Å². The van der Waals surface area contributed by atoms with Gasteiger partial charge in [0, 0.05) is 6.61 Å². The van der Waals surface area contributed by atoms with Gasteiger partial charge in [0.1, 0.15) is 0 Å². The second-order valence-electron chi connectivity index (χ2n) is 9.84. The lowest BCUT2D eigenvalue weighted by Gasteiger charge is -2.38. The number of hydrogen-bond donors (Lipinski definition) is 0. The number of rotatable bonds is 12. The molecule has 0 atom stereocenters. The van der Waals surface area contributed by atoms with E-state index in [2.05, 4.69) is 43.5 Å². The zero-order chi connectivity index (χ0) is 21.0. The summed E-state index contributed by atoms with van der Waals surface area (Å²) in [5.41, 5.74) is 2.85. The topological polar surface area (TPSA) is 9.23 Å². The third-order valence-corrected chi connectivity index (χ3v) is 7.77. The van der Waals surface area contributed by atoms with Crippen LogP contribution in [-0.4, -0.2) is 6.61 Å². The molecule has 0 radical (unpaired) electrons. The molecule has 0 N–H and O–H groups in total. The van der Waals surface area contributed by atoms with E-state index in [1.165, 1.54) is 76.2 Å². The van der Waals surface area contributed by atoms with Crippen LogP contribution in [0.2, 0.25) is 0 Å². The molecule has 0 heterocycles. The molecule has 2 aliphatic rings. The molecular weight excluding hydrogens is 364 g/mol. The zero-order valence-electron chi connectivity index (χ0n) is 19.2. The lowest BCUT2D eigenvalue weighted by Crippen LogP contribution is -2.25. The first-order chi connectivity index (χ1) is 14.8. The molecule has 3 rings (SSSR count). The van der Waals surface area contributed by atoms with Gasteiger partial charge in [-0.3, -0.25) is 0 Å². The maximum Gasteiger partial charge on any atom is 0.0716 e. The first kappa shape index (κ1) is 23.3. The molecular formula is C29H44O. The summed E-state index contributed by atoms with van der Waals surface area (Å²) in [7, 11) is 0. The highest BCUT2D eigenvalue weighted by Gasteiger charge is 2.31. The monoisotopic (exact) mass is 408 g/mol. The average molecular weight is 409 g/mol. The first-order valence-corrected chi connectivity index (χ1v) is 12.7. The Morgan fingerprint density at radius 1 is 0.767 bits per heavy atom. The largest absolute Gasteiger partial charge is 0.377 e. The highest BCUT2D eigenvalue weighted by atomic mass is 16.5. The molecule has 0 spiro atoms. The molecule has 1 nitrogen and oxygen atoms in total. The molecule has 0 aliphatic heterocycles. The molecule has 1 aromatic carbocycles. The highest BCUT2D eigenvalue weighted by molar-refractivity contribution is 5.25. The van der Waals surface area contributed by atoms with Crippen LogP contribution in [0.4, 0.5) is 0 Å². The summed E-state index contributed by atoms with van der Waals surface area (Å²) < 4.78 is 5.77. The van der Waals surface area contributed by atoms with E-state index in [4.69, 9.17) is 4.74 Å². The lowest BCUT2D eigenvalue weighted by atomic mass is 9.68. The van der Waals surface area contributed by atoms with Crippen LogP contribution in [0, 0.1) is 17.8 Å². The smallest absolute Gasteiger partial charge is 0.0716 e. The minimum Gasteiger partial charge on any atom is -0.377 e. The predicted molar refractivity (Wildman–Crippen MR) is 130 cm³/mol. The Kier molecular flexibility index (Phi) is 10.2. The van der Waals surface area contributed by atoms with Crippen molar-refractivity contribution >= 4 is 0 Å². The van der Waals surface area contributed by atoms with Gasteiger partial charge in [0.15, 0.2) is 0 Å². The molecule has 0 unspecified atom stereocenters. The van der Waals surface area contributed by atoms with Crippen LogP contribution in [0.25, 0.3) is 0 Å². The van der Waals surface area contributed by atoms with Gasteiger partial charge < -0.3 is 4.74 Å². The van der Waals surface area contributed by atoms with Gasteiger partial charge in [-0.1, -0.05) is 55.7 Å². The summed E-state index contributed by atoms with van der Waals surface area (Å²) in [5, 5.41) is 0. The third-order valence-electron chi connectivity index (χ3n) is 7.77. The molecule has 0 bridgehead atoms. The Bertz CT molecular complexity index is 600. The minimum atomic E-state index is 0.737. The Labute approximate surface area is 186 Å². The summed E-state index contributed by atoms with van der Waals surface area (Å²) in [6.07, 6.45) is 21.8. The van der Waals surface area contributed by atoms with E-state index in [0.717, 1.165) is 49.7 Å². The number of unbranched alkanes of at least 4 members (excludes halogenated alkanes) is 2. The van der Waals surface area contributed by atoms with Crippen LogP contribution in [0.5, 0.6) is 0 Å². The molecule has 2 saturated carbocycles. The van der Waals surface area contributed by atoms with E-state index in [-0.39, 0.29) is 0 Å². The van der Waals surface area contributed by atoms with Crippen LogP contribution in [0.1, 0.15) is 101 Å². The summed E-state index contributed by atoms with van der Waals surface area (Å²) in [6.45, 7) is 9.18. The van der Waals surface area contributed by atoms with E-state index in [1.54, 1.807) is 5.56 Å². The van der Waals surface area contributed by atoms with Crippen molar-refractivity contribution in [1.82, 2.24) is 0 Å². The van der Waals surface area contributed by atoms with Crippen LogP contribution < -0.4 is 0 Å². The molecule has 2 aliphatic carbocycles. The van der Waals surface area contributed by atoms with Crippen molar-refractivity contribution < 1.29 is 4.74 Å². The summed E-state index contributed by atoms with van der Waals surface area (Å²) >= 11 is 0. The van der Waals surface area contributed by atoms with Crippen molar-refractivity contribution in [1.29, 1.82) is 0 Å². The maximum absolute atomic E-state index is 5.77. The predicted octanol–water partition coefficient (Wildman–Crippen LogP) is 8.61. The van der Waals surface area contributed by atoms with Gasteiger partial charge in [-0.15, -0.1) is 13.2 Å². The summed E-state index contributed by atoms with van der Waals surface area (Å²) in [5.74, 6) is 3.79. The van der Waals surface area contributed by atoms with E-state index < -0.39 is 0 Å². The first-order valence-electron chi connectivity index (χ1n) is 12.7. The number of ether oxygens (including phenoxy) is 1. The second kappa shape index (κ2) is 13.2. The third kappa shape index (κ3) is 7.41. The van der Waals surface area contributed by atoms with Gasteiger partial charge in [0.2, 0.25) is 0 Å². The molecule has 0 saturated heterocycles. The van der Waals surface area contributed by atoms with Gasteiger partial charge in [-0.2, -0.15) is 0 Å². The molecule has 2 fully saturated rings. The highest BCUT2D eigenvalue weighted by Crippen LogP contribution is 2.44. The van der Waals surface area contributed by atoms with Crippen molar-refractivity contribution in [2.75, 3.05) is 6.61 Å². The van der Waals surface area contributed by atoms with Crippen molar-refractivity contribution in [3.8, 4) is 0 Å². The van der Waals surface area contributed by atoms with Crippen LogP contribution in [-0.2, 0) is 11.3 Å². The van der Waals surface area contributed by atoms with Crippen LogP contribution in [0.15, 0.2) is 49.6 Å². The van der Waals surface area contributed by atoms with E-state index >= 15 is 0 Å². The van der Waals surface area contributed by atoms with Gasteiger partial charge in [-0.05, 0) is 99.0 Å². The van der Waals surface area contributed by atoms with E-state index in [0.29, 0.717) is 0 Å². The van der Waals surface area contributed by atoms with Gasteiger partial charge in [-0.25, -0.2) is 0 Å². The SMILES string of the molecule is C=CCCCOCc1ccc(C2CCC(C3CCC(CCCC=C)CC3)CC2)cc1. The Morgan fingerprint density at radius 2 is 1.37 bits per heavy atom. The molecule has 0 amide bonds. The van der Waals surface area contributed by atoms with Crippen molar-refractivity contribution in [3.05, 3.63) is 60.7 Å². The number of allylic oxidation sites excluding steroid dienone is 2. The van der Waals surface area contributed by atoms with E-state index in [9.17, 15) is 0 Å². The zero-order valence-corrected chi connectivity index (χ0v) is 19.2. The molecule has 30 heavy (non-hydrogen) atoms. The lowest BCUT2D eigenvalue weighted by molar-refractivity contribution is 0.119. The van der Waals surface area contributed by atoms with Crippen molar-refractivity contribution in [2.24, 2.45) is 17.8 Å². The normalized spacial score (nSPS) is 26.9. The Balaban J connectivity index is 1.35. The Morgan fingerprint density at radius 3 is 2.00 bits per heavy atom. The number of benzene rings is 1. The van der Waals surface area contributed by atoms with Gasteiger partial charge in [0.25, 0.3) is 0 Å². The van der Waals surface area contributed by atoms with Gasteiger partial charge in [0.05, 0.1) is 6.61 Å². The average Bonchev–Trinajstić information content (AvgIpc) is 2.80. The van der Waals surface area contributed by atoms with Crippen molar-refractivity contribution in [3.63, 3.8) is 0 Å². The summed E-state index contributed by atoms with van der Waals surface area (Å²) in [6, 6.07) is 9.29. The molecule has 0 aromatic heterocycles. The Hall–Kier alpha value is -1.34. The molecule has 1 heteroatoms. The van der Waals surface area contributed by atoms with E-state index in [1.807, 2.05) is 6.08 Å². The fourth-order valence-corrected chi connectivity index (χ4v) is 5.83. The quantitative estimate of drug-likeness (QED) is 0.248. The van der Waals surface area contributed by atoms with Crippen molar-refractivity contribution in [2.45, 2.75) is 96.0 Å². The molecule has 1 aromatic rings. The second-order valence-corrected chi connectivity index (χ2v) is 9.84.